The number of aliphatic hydroxyl groups is 1. The molecule has 0 saturated carbocycles. The molecular weight excluding hydrogens is 370 g/mol. The Hall–Kier alpha value is -1.83. The van der Waals surface area contributed by atoms with Gasteiger partial charge in [0.05, 0.1) is 6.61 Å². The van der Waals surface area contributed by atoms with Crippen molar-refractivity contribution < 1.29 is 19.4 Å². The van der Waals surface area contributed by atoms with Crippen molar-refractivity contribution in [1.82, 2.24) is 14.7 Å². The summed E-state index contributed by atoms with van der Waals surface area (Å²) in [6, 6.07) is 8.09. The summed E-state index contributed by atoms with van der Waals surface area (Å²) in [4.78, 5) is 18.2. The van der Waals surface area contributed by atoms with Crippen LogP contribution in [-0.4, -0.2) is 91.0 Å². The molecule has 0 unspecified atom stereocenters. The first-order valence-corrected chi connectivity index (χ1v) is 10.9. The predicted octanol–water partition coefficient (Wildman–Crippen LogP) is 2.19. The van der Waals surface area contributed by atoms with Gasteiger partial charge in [0.25, 0.3) is 0 Å². The fraction of sp³-hybridized carbons (Fsp3) is 0.682. The molecule has 2 saturated heterocycles. The lowest BCUT2D eigenvalue weighted by Crippen LogP contribution is -2.48. The minimum Gasteiger partial charge on any atom is -0.491 e. The number of rotatable bonds is 8. The van der Waals surface area contributed by atoms with Gasteiger partial charge in [-0.25, -0.2) is 4.79 Å². The summed E-state index contributed by atoms with van der Waals surface area (Å²) in [5, 5.41) is 10.2. The molecule has 1 aromatic carbocycles. The highest BCUT2D eigenvalue weighted by Gasteiger charge is 2.21. The summed E-state index contributed by atoms with van der Waals surface area (Å²) in [5.41, 5.74) is 1.22. The number of carbonyl (C=O) groups excluding carboxylic acids is 1. The third kappa shape index (κ3) is 7.17. The number of hydrogen-bond donors (Lipinski definition) is 1. The molecule has 2 aliphatic heterocycles. The zero-order valence-corrected chi connectivity index (χ0v) is 17.6. The highest BCUT2D eigenvalue weighted by Crippen LogP contribution is 2.16. The Morgan fingerprint density at radius 1 is 1.00 bits per heavy atom. The van der Waals surface area contributed by atoms with E-state index in [0.717, 1.165) is 38.5 Å². The maximum Gasteiger partial charge on any atom is 0.409 e. The van der Waals surface area contributed by atoms with Crippen molar-refractivity contribution in [3.63, 3.8) is 0 Å². The Morgan fingerprint density at radius 3 is 2.34 bits per heavy atom. The topological polar surface area (TPSA) is 65.5 Å². The van der Waals surface area contributed by atoms with E-state index in [1.54, 1.807) is 4.90 Å². The van der Waals surface area contributed by atoms with Gasteiger partial charge in [0.2, 0.25) is 0 Å². The zero-order chi connectivity index (χ0) is 20.5. The number of likely N-dealkylation sites (tertiary alicyclic amines) is 1. The number of hydrogen-bond acceptors (Lipinski definition) is 6. The van der Waals surface area contributed by atoms with Crippen LogP contribution in [0.4, 0.5) is 4.79 Å². The van der Waals surface area contributed by atoms with Crippen LogP contribution in [0.5, 0.6) is 5.75 Å². The number of nitrogens with zero attached hydrogens (tertiary/aromatic N) is 3. The minimum absolute atomic E-state index is 0.212. The largest absolute Gasteiger partial charge is 0.491 e. The second kappa shape index (κ2) is 11.4. The average Bonchev–Trinajstić information content (AvgIpc) is 2.75. The van der Waals surface area contributed by atoms with Crippen molar-refractivity contribution in [2.45, 2.75) is 38.8 Å². The van der Waals surface area contributed by atoms with Gasteiger partial charge in [-0.1, -0.05) is 18.6 Å². The molecule has 162 valence electrons. The SMILES string of the molecule is CCOC(=O)N1CCN(Cc2ccc(OC[C@@H](O)CN3CCCCC3)cc2)CC1. The van der Waals surface area contributed by atoms with Crippen LogP contribution in [0.1, 0.15) is 31.7 Å². The number of piperazine rings is 1. The van der Waals surface area contributed by atoms with E-state index in [-0.39, 0.29) is 6.09 Å². The van der Waals surface area contributed by atoms with E-state index in [1.807, 2.05) is 19.1 Å². The number of benzene rings is 1. The highest BCUT2D eigenvalue weighted by atomic mass is 16.6. The molecule has 29 heavy (non-hydrogen) atoms. The Labute approximate surface area is 174 Å². The molecule has 0 aliphatic carbocycles. The number of aliphatic hydroxyl groups excluding tert-OH is 1. The summed E-state index contributed by atoms with van der Waals surface area (Å²) >= 11 is 0. The van der Waals surface area contributed by atoms with Gasteiger partial charge in [0, 0.05) is 39.3 Å². The Morgan fingerprint density at radius 2 is 1.69 bits per heavy atom. The van der Waals surface area contributed by atoms with Crippen LogP contribution < -0.4 is 4.74 Å². The quantitative estimate of drug-likeness (QED) is 0.715. The van der Waals surface area contributed by atoms with E-state index in [4.69, 9.17) is 9.47 Å². The molecule has 2 heterocycles. The third-order valence-electron chi connectivity index (χ3n) is 5.59. The average molecular weight is 406 g/mol. The first-order chi connectivity index (χ1) is 14.1. The van der Waals surface area contributed by atoms with Crippen molar-refractivity contribution in [3.05, 3.63) is 29.8 Å². The van der Waals surface area contributed by atoms with Crippen molar-refractivity contribution in [3.8, 4) is 5.75 Å². The van der Waals surface area contributed by atoms with E-state index in [2.05, 4.69) is 21.9 Å². The van der Waals surface area contributed by atoms with E-state index in [9.17, 15) is 9.90 Å². The Bertz CT molecular complexity index is 611. The molecule has 2 fully saturated rings. The van der Waals surface area contributed by atoms with Crippen LogP contribution in [0.3, 0.4) is 0 Å². The first-order valence-electron chi connectivity index (χ1n) is 10.9. The summed E-state index contributed by atoms with van der Waals surface area (Å²) in [5.74, 6) is 0.790. The normalized spacial score (nSPS) is 19.7. The van der Waals surface area contributed by atoms with Gasteiger partial charge in [0.15, 0.2) is 0 Å². The minimum atomic E-state index is -0.455. The molecule has 0 radical (unpaired) electrons. The van der Waals surface area contributed by atoms with Crippen LogP contribution in [0, 0.1) is 0 Å². The lowest BCUT2D eigenvalue weighted by Gasteiger charge is -2.34. The Balaban J connectivity index is 1.36. The summed E-state index contributed by atoms with van der Waals surface area (Å²) < 4.78 is 10.8. The van der Waals surface area contributed by atoms with Gasteiger partial charge in [-0.05, 0) is 50.6 Å². The van der Waals surface area contributed by atoms with Gasteiger partial charge in [-0.3, -0.25) is 4.90 Å². The second-order valence-corrected chi connectivity index (χ2v) is 7.93. The van der Waals surface area contributed by atoms with Gasteiger partial charge in [0.1, 0.15) is 18.5 Å². The molecule has 1 N–H and O–H groups in total. The monoisotopic (exact) mass is 405 g/mol. The van der Waals surface area contributed by atoms with E-state index < -0.39 is 6.10 Å². The standard InChI is InChI=1S/C22H35N3O4/c1-2-28-22(27)25-14-12-24(13-15-25)16-19-6-8-21(9-7-19)29-18-20(26)17-23-10-4-3-5-11-23/h6-9,20,26H,2-5,10-18H2,1H3/t20-/m0/s1. The summed E-state index contributed by atoms with van der Waals surface area (Å²) in [7, 11) is 0. The molecule has 0 aromatic heterocycles. The molecule has 7 nitrogen and oxygen atoms in total. The number of amides is 1. The van der Waals surface area contributed by atoms with Crippen LogP contribution in [-0.2, 0) is 11.3 Å². The lowest BCUT2D eigenvalue weighted by molar-refractivity contribution is 0.0617. The molecule has 0 bridgehead atoms. The maximum atomic E-state index is 11.8. The molecule has 2 aliphatic rings. The first kappa shape index (κ1) is 21.9. The number of carbonyl (C=O) groups is 1. The predicted molar refractivity (Wildman–Crippen MR) is 112 cm³/mol. The number of β-amino-alcohol motifs (C(OH)–C–C–N with tert-alkyl or cyclic N) is 1. The molecule has 1 atom stereocenters. The van der Waals surface area contributed by atoms with E-state index in [0.29, 0.717) is 32.8 Å². The lowest BCUT2D eigenvalue weighted by atomic mass is 10.1. The fourth-order valence-electron chi connectivity index (χ4n) is 3.94. The summed E-state index contributed by atoms with van der Waals surface area (Å²) in [6.45, 7) is 9.39. The number of ether oxygens (including phenoxy) is 2. The molecular formula is C22H35N3O4. The van der Waals surface area contributed by atoms with Crippen LogP contribution in [0.2, 0.25) is 0 Å². The molecule has 3 rings (SSSR count). The number of piperidine rings is 1. The van der Waals surface area contributed by atoms with Crippen molar-refractivity contribution >= 4 is 6.09 Å². The Kier molecular flexibility index (Phi) is 8.58. The highest BCUT2D eigenvalue weighted by molar-refractivity contribution is 5.67. The van der Waals surface area contributed by atoms with Gasteiger partial charge >= 0.3 is 6.09 Å². The van der Waals surface area contributed by atoms with Crippen molar-refractivity contribution in [1.29, 1.82) is 0 Å². The van der Waals surface area contributed by atoms with Crippen LogP contribution >= 0.6 is 0 Å². The smallest absolute Gasteiger partial charge is 0.409 e. The molecule has 1 aromatic rings. The van der Waals surface area contributed by atoms with Crippen molar-refractivity contribution in [2.75, 3.05) is 59.0 Å². The van der Waals surface area contributed by atoms with Gasteiger partial charge < -0.3 is 24.4 Å². The maximum absolute atomic E-state index is 11.8. The summed E-state index contributed by atoms with van der Waals surface area (Å²) in [6.07, 6.45) is 3.09. The fourth-order valence-corrected chi connectivity index (χ4v) is 3.94. The molecule has 7 heteroatoms. The van der Waals surface area contributed by atoms with E-state index >= 15 is 0 Å². The van der Waals surface area contributed by atoms with Crippen LogP contribution in [0.25, 0.3) is 0 Å². The molecule has 1 amide bonds. The molecule has 0 spiro atoms. The van der Waals surface area contributed by atoms with Gasteiger partial charge in [-0.15, -0.1) is 0 Å². The van der Waals surface area contributed by atoms with Crippen LogP contribution in [0.15, 0.2) is 24.3 Å². The third-order valence-corrected chi connectivity index (χ3v) is 5.59. The van der Waals surface area contributed by atoms with Crippen molar-refractivity contribution in [2.24, 2.45) is 0 Å². The second-order valence-electron chi connectivity index (χ2n) is 7.93. The zero-order valence-electron chi connectivity index (χ0n) is 17.6. The van der Waals surface area contributed by atoms with Gasteiger partial charge in [-0.2, -0.15) is 0 Å². The van der Waals surface area contributed by atoms with E-state index in [1.165, 1.54) is 24.8 Å².